The molecule has 3 aliphatic rings. The van der Waals surface area contributed by atoms with Gasteiger partial charge in [-0.1, -0.05) is 76.1 Å². The summed E-state index contributed by atoms with van der Waals surface area (Å²) in [6, 6.07) is 14.9. The number of Topliss-reactive ketones (excluding diaryl/α,β-unsaturated/α-hetero) is 1. The third-order valence-corrected chi connectivity index (χ3v) is 16.5. The summed E-state index contributed by atoms with van der Waals surface area (Å²) >= 11 is 0.637. The van der Waals surface area contributed by atoms with Crippen LogP contribution in [0, 0.1) is 0 Å². The molecule has 0 aliphatic carbocycles. The van der Waals surface area contributed by atoms with Crippen molar-refractivity contribution in [3.05, 3.63) is 111 Å². The molecule has 25 heteroatoms. The second kappa shape index (κ2) is 22.6. The normalized spacial score (nSPS) is 28.4. The monoisotopic (exact) mass is 1020 g/mol. The smallest absolute Gasteiger partial charge is 0.472 e. The van der Waals surface area contributed by atoms with E-state index in [0.717, 1.165) is 31.4 Å². The van der Waals surface area contributed by atoms with Gasteiger partial charge in [0.1, 0.15) is 42.0 Å². The van der Waals surface area contributed by atoms with Crippen molar-refractivity contribution >= 4 is 48.8 Å². The highest BCUT2D eigenvalue weighted by molar-refractivity contribution is 8.54. The largest absolute Gasteiger partial charge is 0.494 e. The molecule has 2 unspecified atom stereocenters. The molecule has 3 saturated heterocycles. The van der Waals surface area contributed by atoms with Crippen LogP contribution in [0.3, 0.4) is 0 Å². The molecular formula is C44H53F2N7O13P2S. The zero-order valence-corrected chi connectivity index (χ0v) is 40.1. The molecule has 6 heterocycles. The number of phosphoric acid groups is 1. The van der Waals surface area contributed by atoms with Gasteiger partial charge in [-0.25, -0.2) is 37.7 Å². The van der Waals surface area contributed by atoms with Crippen molar-refractivity contribution in [3.8, 4) is 5.75 Å². The number of nitrogens with zero attached hydrogens (tertiary/aromatic N) is 5. The van der Waals surface area contributed by atoms with E-state index >= 15 is 8.78 Å². The molecule has 0 amide bonds. The number of rotatable bonds is 18. The van der Waals surface area contributed by atoms with Gasteiger partial charge in [0.15, 0.2) is 42.0 Å². The third-order valence-electron chi connectivity index (χ3n) is 11.8. The first-order chi connectivity index (χ1) is 33.2. The molecule has 4 N–H and O–H groups in total. The summed E-state index contributed by atoms with van der Waals surface area (Å²) in [6.45, 7) is -3.53. The SMILES string of the molecule is CCCCCCCCCCOc1ccc(C(=O)Cc2ccc(CSP3(=O)OC[C@H]4O[C@@H](n5cnc6c(N)ncnc65)[C@H](F)[C@@H]4OP(=O)(O)OC[C@H]4O[C@@H](n5ccc(=O)[nH]c5=O)[C@H](F)[C@@H]4O3)cc2)cc1. The lowest BCUT2D eigenvalue weighted by Gasteiger charge is -2.29. The van der Waals surface area contributed by atoms with Crippen molar-refractivity contribution < 1.29 is 59.9 Å². The summed E-state index contributed by atoms with van der Waals surface area (Å²) in [6.07, 6.45) is -1.91. The molecule has 0 spiro atoms. The van der Waals surface area contributed by atoms with Gasteiger partial charge < -0.3 is 24.8 Å². The molecule has 2 aromatic carbocycles. The van der Waals surface area contributed by atoms with Crippen LogP contribution in [0.1, 0.15) is 92.2 Å². The number of carbonyl (C=O) groups is 1. The van der Waals surface area contributed by atoms with Crippen molar-refractivity contribution in [1.82, 2.24) is 29.1 Å². The van der Waals surface area contributed by atoms with Gasteiger partial charge in [0.25, 0.3) is 5.56 Å². The van der Waals surface area contributed by atoms with E-state index < -0.39 is 88.3 Å². The van der Waals surface area contributed by atoms with E-state index in [2.05, 4.69) is 21.9 Å². The minimum Gasteiger partial charge on any atom is -0.494 e. The van der Waals surface area contributed by atoms with E-state index in [1.165, 1.54) is 49.4 Å². The molecular weight excluding hydrogens is 967 g/mol. The van der Waals surface area contributed by atoms with Crippen LogP contribution in [-0.4, -0.2) is 96.3 Å². The topological polar surface area (TPSA) is 261 Å². The minimum atomic E-state index is -5.23. The Labute approximate surface area is 398 Å². The second-order valence-corrected chi connectivity index (χ2v) is 22.2. The molecule has 0 saturated carbocycles. The van der Waals surface area contributed by atoms with Crippen molar-refractivity contribution in [2.24, 2.45) is 0 Å². The number of anilines is 1. The van der Waals surface area contributed by atoms with Gasteiger partial charge in [-0.2, -0.15) is 0 Å². The summed E-state index contributed by atoms with van der Waals surface area (Å²) in [5.41, 5.74) is 6.09. The van der Waals surface area contributed by atoms with Crippen molar-refractivity contribution in [2.45, 2.75) is 120 Å². The fourth-order valence-corrected chi connectivity index (χ4v) is 12.5. The first-order valence-corrected chi connectivity index (χ1v) is 27.2. The number of benzene rings is 2. The molecule has 0 bridgehead atoms. The van der Waals surface area contributed by atoms with Gasteiger partial charge in [-0.05, 0) is 53.2 Å². The lowest BCUT2D eigenvalue weighted by atomic mass is 10.0. The fraction of sp³-hybridized carbons (Fsp3) is 0.500. The number of H-pyrrole nitrogens is 1. The third kappa shape index (κ3) is 12.4. The van der Waals surface area contributed by atoms with Gasteiger partial charge in [0.05, 0.1) is 26.1 Å². The number of fused-ring (bicyclic) bond motifs is 3. The maximum atomic E-state index is 16.5. The highest BCUT2D eigenvalue weighted by atomic mass is 32.7. The van der Waals surface area contributed by atoms with Crippen LogP contribution in [0.25, 0.3) is 11.2 Å². The molecule has 5 aromatic rings. The number of hydrogen-bond donors (Lipinski definition) is 3. The Balaban J connectivity index is 0.953. The Morgan fingerprint density at radius 1 is 0.841 bits per heavy atom. The molecule has 20 nitrogen and oxygen atoms in total. The summed E-state index contributed by atoms with van der Waals surface area (Å²) in [4.78, 5) is 62.7. The van der Waals surface area contributed by atoms with Crippen molar-refractivity contribution in [2.75, 3.05) is 25.6 Å². The number of aromatic nitrogens is 6. The number of nitrogens with two attached hydrogens (primary N) is 1. The number of alkyl halides is 2. The molecule has 372 valence electrons. The van der Waals surface area contributed by atoms with E-state index in [9.17, 15) is 28.4 Å². The number of nitrogens with one attached hydrogen (secondary N) is 1. The zero-order valence-electron chi connectivity index (χ0n) is 37.5. The van der Waals surface area contributed by atoms with Crippen LogP contribution in [0.15, 0.2) is 83.0 Å². The second-order valence-electron chi connectivity index (χ2n) is 16.8. The molecule has 8 rings (SSSR count). The number of nitrogen functional groups attached to an aromatic ring is 1. The maximum Gasteiger partial charge on any atom is 0.472 e. The highest BCUT2D eigenvalue weighted by Crippen LogP contribution is 2.65. The lowest BCUT2D eigenvalue weighted by molar-refractivity contribution is -0.0619. The van der Waals surface area contributed by atoms with Gasteiger partial charge in [-0.3, -0.25) is 41.8 Å². The van der Waals surface area contributed by atoms with Crippen LogP contribution >= 0.6 is 26.0 Å². The van der Waals surface area contributed by atoms with Gasteiger partial charge in [0, 0.05) is 30.0 Å². The van der Waals surface area contributed by atoms with Gasteiger partial charge >= 0.3 is 20.3 Å². The van der Waals surface area contributed by atoms with Crippen molar-refractivity contribution in [1.29, 1.82) is 0 Å². The van der Waals surface area contributed by atoms with E-state index in [0.29, 0.717) is 45.0 Å². The summed E-state index contributed by atoms with van der Waals surface area (Å²) < 4.78 is 103. The van der Waals surface area contributed by atoms with Gasteiger partial charge in [0.2, 0.25) is 0 Å². The van der Waals surface area contributed by atoms with E-state index in [1.807, 2.05) is 4.98 Å². The predicted molar refractivity (Wildman–Crippen MR) is 248 cm³/mol. The summed E-state index contributed by atoms with van der Waals surface area (Å²) in [7, 11) is -5.23. The number of halogens is 2. The zero-order chi connectivity index (χ0) is 48.7. The fourth-order valence-electron chi connectivity index (χ4n) is 8.16. The number of unbranched alkanes of at least 4 members (excludes halogenated alkanes) is 7. The number of aromatic amines is 1. The Kier molecular flexibility index (Phi) is 16.6. The molecule has 0 radical (unpaired) electrons. The van der Waals surface area contributed by atoms with Crippen LogP contribution in [-0.2, 0) is 48.9 Å². The van der Waals surface area contributed by atoms with Crippen LogP contribution in [0.5, 0.6) is 5.75 Å². The quantitative estimate of drug-likeness (QED) is 0.0441. The number of hydrogen-bond acceptors (Lipinski definition) is 17. The number of imidazole rings is 1. The Morgan fingerprint density at radius 2 is 1.48 bits per heavy atom. The predicted octanol–water partition coefficient (Wildman–Crippen LogP) is 7.33. The Bertz CT molecular complexity index is 2770. The average Bonchev–Trinajstić information content (AvgIpc) is 3.99. The highest BCUT2D eigenvalue weighted by Gasteiger charge is 2.55. The van der Waals surface area contributed by atoms with Crippen LogP contribution in [0.4, 0.5) is 14.6 Å². The number of phosphoric ester groups is 1. The molecule has 69 heavy (non-hydrogen) atoms. The first kappa shape index (κ1) is 50.7. The number of carbonyl (C=O) groups excluding carboxylic acids is 1. The first-order valence-electron chi connectivity index (χ1n) is 22.6. The average molecular weight is 1020 g/mol. The number of ether oxygens (including phenoxy) is 3. The number of ketones is 1. The Morgan fingerprint density at radius 3 is 2.17 bits per heavy atom. The molecule has 10 atom stereocenters. The van der Waals surface area contributed by atoms with E-state index in [-0.39, 0.29) is 34.9 Å². The maximum absolute atomic E-state index is 16.5. The molecule has 3 aromatic heterocycles. The lowest BCUT2D eigenvalue weighted by Crippen LogP contribution is -2.38. The summed E-state index contributed by atoms with van der Waals surface area (Å²) in [5.74, 6) is 0.513. The summed E-state index contributed by atoms with van der Waals surface area (Å²) in [5, 5.41) is 0. The van der Waals surface area contributed by atoms with E-state index in [4.69, 9.17) is 38.0 Å². The van der Waals surface area contributed by atoms with Crippen LogP contribution in [0.2, 0.25) is 0 Å². The molecule has 3 fully saturated rings. The minimum absolute atomic E-state index is 0.00712. The standard InChI is InChI=1S/C44H53F2N7O13P2S/c1-2-3-4-5-6-7-8-9-20-60-30-16-14-29(15-17-30)31(54)21-27-10-12-28(13-11-27)24-69-68(59)62-23-33-38(35(45)43(64-33)53-26-50-37-40(47)48-25-49-41(37)53)65-67(57,58)61-22-32-39(66-68)36(46)42(63-32)52-19-18-34(55)51-44(52)56/h10-19,25-26,32-33,35-36,38-39,42-43H,2-9,20-24H2,1H3,(H,57,58)(H2,47,48,49)(H,51,55,56)/t32-,33-,35-,36-,38-,39-,42-,43-,68?/m1/s1. The Hall–Kier alpha value is -4.67. The van der Waals surface area contributed by atoms with Crippen LogP contribution < -0.4 is 21.7 Å². The van der Waals surface area contributed by atoms with Crippen molar-refractivity contribution in [3.63, 3.8) is 0 Å². The van der Waals surface area contributed by atoms with E-state index in [1.54, 1.807) is 48.5 Å². The van der Waals surface area contributed by atoms with Gasteiger partial charge in [-0.15, -0.1) is 0 Å². The molecule has 3 aliphatic heterocycles.